The second-order valence-electron chi connectivity index (χ2n) is 8.35. The van der Waals surface area contributed by atoms with Crippen LogP contribution >= 0.6 is 0 Å². The number of aromatic nitrogens is 5. The second kappa shape index (κ2) is 10.8. The monoisotopic (exact) mass is 568 g/mol. The number of rotatable bonds is 6. The summed E-state index contributed by atoms with van der Waals surface area (Å²) in [6.45, 7) is 0. The maximum Gasteiger partial charge on any atom is 0.476 e. The molecule has 0 spiro atoms. The molecule has 0 aliphatic rings. The topological polar surface area (TPSA) is 162 Å². The van der Waals surface area contributed by atoms with Crippen LogP contribution in [0, 0.1) is 5.21 Å². The summed E-state index contributed by atoms with van der Waals surface area (Å²) in [7, 11) is 1.17. The summed E-state index contributed by atoms with van der Waals surface area (Å²) in [6.07, 6.45) is -2.66. The van der Waals surface area contributed by atoms with E-state index in [9.17, 15) is 28.0 Å². The lowest BCUT2D eigenvalue weighted by atomic mass is 10.1. The molecule has 210 valence electrons. The summed E-state index contributed by atoms with van der Waals surface area (Å²) >= 11 is 0. The first-order valence-corrected chi connectivity index (χ1v) is 11.6. The number of hydrogen-bond donors (Lipinski definition) is 4. The van der Waals surface area contributed by atoms with Crippen molar-refractivity contribution in [1.82, 2.24) is 20.0 Å². The second-order valence-corrected chi connectivity index (χ2v) is 8.35. The van der Waals surface area contributed by atoms with Gasteiger partial charge < -0.3 is 25.3 Å². The SMILES string of the molecule is COC(=O)Nc1[nH]c2cc(Oc3ccc(NC(=O)Nc4cc(C(F)(F)F)ccc4-n4ccnn4)cc3)ccc2[n+]1[O-]. The number of halogens is 3. The van der Waals surface area contributed by atoms with Crippen LogP contribution in [0.15, 0.2) is 73.1 Å². The molecule has 0 saturated heterocycles. The normalized spacial score (nSPS) is 11.2. The van der Waals surface area contributed by atoms with E-state index in [0.717, 1.165) is 12.1 Å². The number of methoxy groups -OCH3 is 1. The van der Waals surface area contributed by atoms with Gasteiger partial charge in [-0.1, -0.05) is 5.21 Å². The number of fused-ring (bicyclic) bond motifs is 1. The highest BCUT2D eigenvalue weighted by molar-refractivity contribution is 6.01. The molecule has 4 N–H and O–H groups in total. The number of benzene rings is 3. The molecule has 41 heavy (non-hydrogen) atoms. The van der Waals surface area contributed by atoms with Crippen LogP contribution in [0.25, 0.3) is 16.7 Å². The molecule has 5 rings (SSSR count). The molecule has 5 aromatic rings. The van der Waals surface area contributed by atoms with Crippen molar-refractivity contribution in [2.24, 2.45) is 0 Å². The third-order valence-electron chi connectivity index (χ3n) is 5.64. The van der Waals surface area contributed by atoms with Crippen LogP contribution in [0.2, 0.25) is 0 Å². The Morgan fingerprint density at radius 3 is 2.44 bits per heavy atom. The predicted octanol–water partition coefficient (Wildman–Crippen LogP) is 5.02. The van der Waals surface area contributed by atoms with Crippen LogP contribution in [0.4, 0.5) is 40.1 Å². The van der Waals surface area contributed by atoms with Gasteiger partial charge in [-0.15, -0.1) is 5.10 Å². The van der Waals surface area contributed by atoms with Crippen molar-refractivity contribution in [1.29, 1.82) is 0 Å². The highest BCUT2D eigenvalue weighted by Gasteiger charge is 2.31. The number of ether oxygens (including phenoxy) is 2. The van der Waals surface area contributed by atoms with Crippen molar-refractivity contribution in [2.75, 3.05) is 23.1 Å². The van der Waals surface area contributed by atoms with Gasteiger partial charge in [0.15, 0.2) is 0 Å². The van der Waals surface area contributed by atoms with Crippen LogP contribution in [0.3, 0.4) is 0 Å². The lowest BCUT2D eigenvalue weighted by molar-refractivity contribution is -0.560. The van der Waals surface area contributed by atoms with E-state index < -0.39 is 23.9 Å². The first-order chi connectivity index (χ1) is 19.6. The molecule has 0 radical (unpaired) electrons. The van der Waals surface area contributed by atoms with Gasteiger partial charge in [-0.3, -0.25) is 0 Å². The standard InChI is InChI=1S/C25H19F3N8O5/c1-40-24(38)33-22-31-19-13-17(7-9-21(19)36(22)39)41-16-5-3-15(4-6-16)30-23(37)32-18-12-14(25(26,27)28)2-8-20(18)35-11-10-29-34-35/h2-13,31H,1H3,(H,33,38)(H2,30,32,37). The van der Waals surface area contributed by atoms with Gasteiger partial charge in [-0.05, 0) is 54.6 Å². The molecule has 0 bridgehead atoms. The number of aromatic amines is 1. The summed E-state index contributed by atoms with van der Waals surface area (Å²) in [4.78, 5) is 26.8. The Hall–Kier alpha value is -5.80. The fourth-order valence-electron chi connectivity index (χ4n) is 3.76. The molecule has 0 saturated carbocycles. The van der Waals surface area contributed by atoms with Crippen LogP contribution in [-0.2, 0) is 10.9 Å². The minimum absolute atomic E-state index is 0.128. The van der Waals surface area contributed by atoms with Gasteiger partial charge in [0.2, 0.25) is 0 Å². The Balaban J connectivity index is 1.27. The number of amides is 3. The zero-order valence-electron chi connectivity index (χ0n) is 20.9. The minimum Gasteiger partial charge on any atom is -0.740 e. The maximum atomic E-state index is 13.3. The number of nitrogens with zero attached hydrogens (tertiary/aromatic N) is 4. The molecule has 0 unspecified atom stereocenters. The Kier molecular flexibility index (Phi) is 7.03. The lowest BCUT2D eigenvalue weighted by Gasteiger charge is -2.15. The quantitative estimate of drug-likeness (QED) is 0.165. The van der Waals surface area contributed by atoms with Gasteiger partial charge in [0.1, 0.15) is 22.5 Å². The Bertz CT molecular complexity index is 1720. The number of anilines is 3. The molecule has 0 fully saturated rings. The molecule has 3 amide bonds. The lowest BCUT2D eigenvalue weighted by Crippen LogP contribution is -2.31. The van der Waals surface area contributed by atoms with Gasteiger partial charge in [-0.25, -0.2) is 24.0 Å². The van der Waals surface area contributed by atoms with Crippen molar-refractivity contribution >= 4 is 40.5 Å². The zero-order valence-corrected chi connectivity index (χ0v) is 20.9. The van der Waals surface area contributed by atoms with Gasteiger partial charge in [0.05, 0.1) is 36.4 Å². The number of carbonyl (C=O) groups excluding carboxylic acids is 2. The third kappa shape index (κ3) is 5.95. The van der Waals surface area contributed by atoms with Crippen LogP contribution in [-0.4, -0.2) is 39.2 Å². The Morgan fingerprint density at radius 1 is 1.00 bits per heavy atom. The van der Waals surface area contributed by atoms with Gasteiger partial charge >= 0.3 is 24.2 Å². The summed E-state index contributed by atoms with van der Waals surface area (Å²) < 4.78 is 51.8. The van der Waals surface area contributed by atoms with Gasteiger partial charge in [0, 0.05) is 11.8 Å². The smallest absolute Gasteiger partial charge is 0.476 e. The first kappa shape index (κ1) is 26.8. The fourth-order valence-corrected chi connectivity index (χ4v) is 3.76. The van der Waals surface area contributed by atoms with Crippen molar-refractivity contribution in [3.8, 4) is 17.2 Å². The molecule has 13 nitrogen and oxygen atoms in total. The molecule has 0 aliphatic heterocycles. The van der Waals surface area contributed by atoms with Crippen molar-refractivity contribution in [3.63, 3.8) is 0 Å². The molecular weight excluding hydrogens is 549 g/mol. The minimum atomic E-state index is -4.62. The van der Waals surface area contributed by atoms with Crippen molar-refractivity contribution < 1.29 is 37.0 Å². The molecule has 2 aromatic heterocycles. The zero-order chi connectivity index (χ0) is 29.1. The number of hydrogen-bond acceptors (Lipinski definition) is 7. The van der Waals surface area contributed by atoms with Crippen LogP contribution in [0.5, 0.6) is 11.5 Å². The molecule has 0 atom stereocenters. The van der Waals surface area contributed by atoms with Crippen LogP contribution < -0.4 is 25.4 Å². The highest BCUT2D eigenvalue weighted by atomic mass is 19.4. The Morgan fingerprint density at radius 2 is 1.76 bits per heavy atom. The largest absolute Gasteiger partial charge is 0.740 e. The number of carbonyl (C=O) groups is 2. The summed E-state index contributed by atoms with van der Waals surface area (Å²) in [5.74, 6) is 0.625. The molecular formula is C25H19F3N8O5. The highest BCUT2D eigenvalue weighted by Crippen LogP contribution is 2.33. The fraction of sp³-hybridized carbons (Fsp3) is 0.0800. The van der Waals surface area contributed by atoms with Crippen molar-refractivity contribution in [3.05, 3.63) is 83.8 Å². The van der Waals surface area contributed by atoms with Crippen LogP contribution in [0.1, 0.15) is 5.56 Å². The van der Waals surface area contributed by atoms with E-state index in [2.05, 4.69) is 36.0 Å². The van der Waals surface area contributed by atoms with Crippen molar-refractivity contribution in [2.45, 2.75) is 6.18 Å². The average molecular weight is 568 g/mol. The predicted molar refractivity (Wildman–Crippen MR) is 139 cm³/mol. The van der Waals surface area contributed by atoms with Gasteiger partial charge in [0.25, 0.3) is 0 Å². The number of urea groups is 1. The number of imidazole rings is 1. The van der Waals surface area contributed by atoms with E-state index in [-0.39, 0.29) is 22.8 Å². The molecule has 3 aromatic carbocycles. The molecule has 2 heterocycles. The third-order valence-corrected chi connectivity index (χ3v) is 5.64. The number of H-pyrrole nitrogens is 1. The van der Waals surface area contributed by atoms with E-state index in [1.165, 1.54) is 48.5 Å². The molecule has 0 aliphatic carbocycles. The van der Waals surface area contributed by atoms with E-state index >= 15 is 0 Å². The maximum absolute atomic E-state index is 13.3. The van der Waals surface area contributed by atoms with E-state index in [1.54, 1.807) is 24.3 Å². The molecule has 16 heteroatoms. The van der Waals surface area contributed by atoms with Gasteiger partial charge in [-0.2, -0.15) is 18.5 Å². The summed E-state index contributed by atoms with van der Waals surface area (Å²) in [5, 5.41) is 27.0. The van der Waals surface area contributed by atoms with E-state index in [1.807, 2.05) is 0 Å². The number of nitrogens with one attached hydrogen (secondary N) is 4. The average Bonchev–Trinajstić information content (AvgIpc) is 3.57. The number of alkyl halides is 3. The summed E-state index contributed by atoms with van der Waals surface area (Å²) in [5.41, 5.74) is 0.0725. The summed E-state index contributed by atoms with van der Waals surface area (Å²) in [6, 6.07) is 12.8. The van der Waals surface area contributed by atoms with E-state index in [0.29, 0.717) is 27.4 Å². The Labute approximate surface area is 228 Å². The van der Waals surface area contributed by atoms with E-state index in [4.69, 9.17) is 4.74 Å². The first-order valence-electron chi connectivity index (χ1n) is 11.6.